The molecule has 0 fully saturated rings. The second-order valence-corrected chi connectivity index (χ2v) is 5.97. The fourth-order valence-corrected chi connectivity index (χ4v) is 2.38. The number of aromatic nitrogens is 1. The van der Waals surface area contributed by atoms with Crippen LogP contribution in [0.5, 0.6) is 5.75 Å². The van der Waals surface area contributed by atoms with E-state index in [9.17, 15) is 18.8 Å². The molecule has 0 radical (unpaired) electrons. The summed E-state index contributed by atoms with van der Waals surface area (Å²) in [6.45, 7) is -0.623. The maximum Gasteiger partial charge on any atom is 0.374 e. The average Bonchev–Trinajstić information content (AvgIpc) is 3.34. The molecule has 0 atom stereocenters. The fourth-order valence-electron chi connectivity index (χ4n) is 2.38. The van der Waals surface area contributed by atoms with Gasteiger partial charge >= 0.3 is 5.97 Å². The van der Waals surface area contributed by atoms with E-state index in [2.05, 4.69) is 5.32 Å². The first kappa shape index (κ1) is 19.9. The summed E-state index contributed by atoms with van der Waals surface area (Å²) in [4.78, 5) is 35.7. The number of hydrogen-bond donors (Lipinski definition) is 1. The van der Waals surface area contributed by atoms with Gasteiger partial charge in [0, 0.05) is 13.2 Å². The highest BCUT2D eigenvalue weighted by Gasteiger charge is 2.17. The molecule has 0 spiro atoms. The second-order valence-electron chi connectivity index (χ2n) is 5.97. The number of hydrogen-bond acceptors (Lipinski definition) is 6. The summed E-state index contributed by atoms with van der Waals surface area (Å²) in [5.74, 6) is -1.96. The molecule has 0 saturated heterocycles. The number of aryl methyl sites for hydroxylation is 1. The predicted molar refractivity (Wildman–Crippen MR) is 97.6 cm³/mol. The number of furan rings is 1. The predicted octanol–water partition coefficient (Wildman–Crippen LogP) is 2.45. The number of ether oxygens (including phenoxy) is 2. The van der Waals surface area contributed by atoms with Crippen LogP contribution in [0.2, 0.25) is 0 Å². The van der Waals surface area contributed by atoms with E-state index >= 15 is 0 Å². The van der Waals surface area contributed by atoms with E-state index in [1.807, 2.05) is 0 Å². The first-order chi connectivity index (χ1) is 13.9. The van der Waals surface area contributed by atoms with Crippen molar-refractivity contribution in [3.05, 3.63) is 77.8 Å². The van der Waals surface area contributed by atoms with Crippen LogP contribution in [0, 0.1) is 5.82 Å². The Hall–Kier alpha value is -3.88. The molecule has 0 aliphatic heterocycles. The quantitative estimate of drug-likeness (QED) is 0.612. The first-order valence-corrected chi connectivity index (χ1v) is 8.52. The minimum atomic E-state index is -0.862. The number of imide groups is 1. The summed E-state index contributed by atoms with van der Waals surface area (Å²) in [5.41, 5.74) is 0.293. The SMILES string of the molecule is Cn1cccc1C(=O)NC(=O)COC(=O)c1ccc(COc2ccc(F)cc2)o1. The van der Waals surface area contributed by atoms with Crippen molar-refractivity contribution in [2.24, 2.45) is 7.05 Å². The van der Waals surface area contributed by atoms with Crippen molar-refractivity contribution in [2.75, 3.05) is 6.61 Å². The van der Waals surface area contributed by atoms with Gasteiger partial charge in [0.05, 0.1) is 0 Å². The van der Waals surface area contributed by atoms with E-state index in [0.717, 1.165) is 0 Å². The Kier molecular flexibility index (Phi) is 6.08. The molecule has 3 rings (SSSR count). The van der Waals surface area contributed by atoms with Crippen molar-refractivity contribution in [2.45, 2.75) is 6.61 Å². The monoisotopic (exact) mass is 400 g/mol. The minimum Gasteiger partial charge on any atom is -0.486 e. The van der Waals surface area contributed by atoms with Crippen LogP contribution >= 0.6 is 0 Å². The Morgan fingerprint density at radius 3 is 2.55 bits per heavy atom. The van der Waals surface area contributed by atoms with Gasteiger partial charge in [-0.1, -0.05) is 0 Å². The minimum absolute atomic E-state index is 0.0184. The standard InChI is InChI=1S/C20H17FN2O6/c1-23-10-2-3-16(23)19(25)22-18(24)12-28-20(26)17-9-8-15(29-17)11-27-14-6-4-13(21)5-7-14/h2-10H,11-12H2,1H3,(H,22,24,25). The molecule has 8 nitrogen and oxygen atoms in total. The molecule has 150 valence electrons. The van der Waals surface area contributed by atoms with Crippen LogP contribution in [0.15, 0.2) is 59.1 Å². The molecule has 0 aliphatic carbocycles. The highest BCUT2D eigenvalue weighted by molar-refractivity contribution is 6.04. The van der Waals surface area contributed by atoms with Crippen LogP contribution in [0.25, 0.3) is 0 Å². The zero-order chi connectivity index (χ0) is 20.8. The van der Waals surface area contributed by atoms with Crippen LogP contribution in [0.4, 0.5) is 4.39 Å². The van der Waals surface area contributed by atoms with Gasteiger partial charge in [-0.15, -0.1) is 0 Å². The van der Waals surface area contributed by atoms with Gasteiger partial charge in [-0.25, -0.2) is 9.18 Å². The van der Waals surface area contributed by atoms with Crippen molar-refractivity contribution in [1.29, 1.82) is 0 Å². The van der Waals surface area contributed by atoms with E-state index in [0.29, 0.717) is 17.2 Å². The average molecular weight is 400 g/mol. The van der Waals surface area contributed by atoms with Gasteiger partial charge < -0.3 is 18.5 Å². The number of esters is 1. The van der Waals surface area contributed by atoms with Crippen molar-refractivity contribution in [1.82, 2.24) is 9.88 Å². The molecule has 2 heterocycles. The molecule has 0 aliphatic rings. The van der Waals surface area contributed by atoms with Gasteiger partial charge in [-0.2, -0.15) is 0 Å². The first-order valence-electron chi connectivity index (χ1n) is 8.52. The summed E-state index contributed by atoms with van der Waals surface area (Å²) in [5, 5.41) is 2.12. The molecular formula is C20H17FN2O6. The Morgan fingerprint density at radius 2 is 1.86 bits per heavy atom. The van der Waals surface area contributed by atoms with Crippen LogP contribution in [0.1, 0.15) is 26.8 Å². The van der Waals surface area contributed by atoms with Gasteiger partial charge in [-0.3, -0.25) is 14.9 Å². The lowest BCUT2D eigenvalue weighted by Crippen LogP contribution is -2.35. The number of halogens is 1. The summed E-state index contributed by atoms with van der Waals surface area (Å²) >= 11 is 0. The molecule has 1 aromatic carbocycles. The molecule has 0 bridgehead atoms. The van der Waals surface area contributed by atoms with Crippen molar-refractivity contribution in [3.8, 4) is 5.75 Å². The van der Waals surface area contributed by atoms with Gasteiger partial charge in [0.15, 0.2) is 6.61 Å². The van der Waals surface area contributed by atoms with E-state index < -0.39 is 24.4 Å². The Morgan fingerprint density at radius 1 is 1.10 bits per heavy atom. The third-order valence-corrected chi connectivity index (χ3v) is 3.82. The second kappa shape index (κ2) is 8.87. The van der Waals surface area contributed by atoms with Gasteiger partial charge in [0.2, 0.25) is 5.76 Å². The lowest BCUT2D eigenvalue weighted by Gasteiger charge is -2.06. The summed E-state index contributed by atoms with van der Waals surface area (Å²) in [6.07, 6.45) is 1.66. The number of carbonyl (C=O) groups excluding carboxylic acids is 3. The van der Waals surface area contributed by atoms with E-state index in [1.165, 1.54) is 36.4 Å². The van der Waals surface area contributed by atoms with Crippen LogP contribution in [-0.2, 0) is 23.2 Å². The van der Waals surface area contributed by atoms with Crippen LogP contribution < -0.4 is 10.1 Å². The topological polar surface area (TPSA) is 99.8 Å². The summed E-state index contributed by atoms with van der Waals surface area (Å²) in [6, 6.07) is 11.5. The zero-order valence-electron chi connectivity index (χ0n) is 15.4. The maximum atomic E-state index is 12.9. The number of nitrogens with zero attached hydrogens (tertiary/aromatic N) is 1. The Labute approximate surface area is 164 Å². The normalized spacial score (nSPS) is 10.4. The third-order valence-electron chi connectivity index (χ3n) is 3.82. The van der Waals surface area contributed by atoms with Gasteiger partial charge in [0.25, 0.3) is 11.8 Å². The number of nitrogens with one attached hydrogen (secondary N) is 1. The maximum absolute atomic E-state index is 12.9. The molecule has 29 heavy (non-hydrogen) atoms. The molecule has 2 aromatic heterocycles. The molecule has 9 heteroatoms. The molecular weight excluding hydrogens is 383 g/mol. The van der Waals surface area contributed by atoms with E-state index in [1.54, 1.807) is 29.9 Å². The largest absolute Gasteiger partial charge is 0.486 e. The van der Waals surface area contributed by atoms with Gasteiger partial charge in [0.1, 0.15) is 29.6 Å². The van der Waals surface area contributed by atoms with Crippen LogP contribution in [-0.4, -0.2) is 29.0 Å². The van der Waals surface area contributed by atoms with Crippen molar-refractivity contribution < 1.29 is 32.7 Å². The third kappa shape index (κ3) is 5.32. The van der Waals surface area contributed by atoms with E-state index in [4.69, 9.17) is 13.9 Å². The molecule has 0 saturated carbocycles. The molecule has 3 aromatic rings. The molecule has 1 N–H and O–H groups in total. The van der Waals surface area contributed by atoms with Crippen molar-refractivity contribution >= 4 is 17.8 Å². The zero-order valence-corrected chi connectivity index (χ0v) is 15.4. The Bertz CT molecular complexity index is 1020. The number of benzene rings is 1. The lowest BCUT2D eigenvalue weighted by atomic mass is 10.3. The summed E-state index contributed by atoms with van der Waals surface area (Å²) < 4.78 is 30.0. The molecule has 0 unspecified atom stereocenters. The van der Waals surface area contributed by atoms with Gasteiger partial charge in [-0.05, 0) is 48.5 Å². The lowest BCUT2D eigenvalue weighted by molar-refractivity contribution is -0.123. The smallest absolute Gasteiger partial charge is 0.374 e. The highest BCUT2D eigenvalue weighted by atomic mass is 19.1. The fraction of sp³-hybridized carbons (Fsp3) is 0.150. The van der Waals surface area contributed by atoms with Crippen LogP contribution in [0.3, 0.4) is 0 Å². The molecule has 2 amide bonds. The van der Waals surface area contributed by atoms with Crippen molar-refractivity contribution in [3.63, 3.8) is 0 Å². The number of carbonyl (C=O) groups is 3. The number of amides is 2. The Balaban J connectivity index is 1.46. The van der Waals surface area contributed by atoms with E-state index in [-0.39, 0.29) is 18.2 Å². The summed E-state index contributed by atoms with van der Waals surface area (Å²) in [7, 11) is 1.66. The highest BCUT2D eigenvalue weighted by Crippen LogP contribution is 2.15. The number of rotatable bonds is 7.